The first kappa shape index (κ1) is 27.3. The number of benzene rings is 2. The van der Waals surface area contributed by atoms with Crippen LogP contribution in [-0.4, -0.2) is 60.5 Å². The normalized spacial score (nSPS) is 20.9. The molecule has 2 aromatic rings. The van der Waals surface area contributed by atoms with Crippen LogP contribution in [0.3, 0.4) is 0 Å². The number of nitrogens with zero attached hydrogens (tertiary/aromatic N) is 3. The number of anilines is 1. The Kier molecular flexibility index (Phi) is 9.38. The number of methoxy groups -OCH3 is 1. The third-order valence-corrected chi connectivity index (χ3v) is 7.90. The average Bonchev–Trinajstić information content (AvgIpc) is 2.90. The Morgan fingerprint density at radius 1 is 0.973 bits per heavy atom. The summed E-state index contributed by atoms with van der Waals surface area (Å²) < 4.78 is 5.29. The summed E-state index contributed by atoms with van der Waals surface area (Å²) in [4.78, 5) is 33.0. The van der Waals surface area contributed by atoms with Crippen LogP contribution >= 0.6 is 0 Å². The number of hydrogen-bond acceptors (Lipinski definition) is 4. The number of piperidine rings is 1. The first-order chi connectivity index (χ1) is 17.9. The van der Waals surface area contributed by atoms with Gasteiger partial charge >= 0.3 is 0 Å². The van der Waals surface area contributed by atoms with Crippen molar-refractivity contribution in [1.82, 2.24) is 9.80 Å². The maximum absolute atomic E-state index is 13.3. The maximum atomic E-state index is 13.3. The summed E-state index contributed by atoms with van der Waals surface area (Å²) in [6, 6.07) is 17.5. The molecule has 0 aliphatic carbocycles. The van der Waals surface area contributed by atoms with Crippen LogP contribution in [0.1, 0.15) is 75.5 Å². The van der Waals surface area contributed by atoms with Crippen LogP contribution in [0.4, 0.5) is 5.69 Å². The van der Waals surface area contributed by atoms with Crippen molar-refractivity contribution in [3.8, 4) is 0 Å². The number of carbonyl (C=O) groups excluding carboxylic acids is 2. The van der Waals surface area contributed by atoms with E-state index in [9.17, 15) is 9.59 Å². The Hall–Kier alpha value is -2.70. The molecule has 0 radical (unpaired) electrons. The summed E-state index contributed by atoms with van der Waals surface area (Å²) in [7, 11) is 1.59. The lowest BCUT2D eigenvalue weighted by Gasteiger charge is -2.44. The highest BCUT2D eigenvalue weighted by atomic mass is 16.5. The fourth-order valence-corrected chi connectivity index (χ4v) is 5.98. The molecule has 2 aromatic carbocycles. The highest BCUT2D eigenvalue weighted by Crippen LogP contribution is 2.31. The number of carbonyl (C=O) groups is 2. The van der Waals surface area contributed by atoms with E-state index < -0.39 is 0 Å². The highest BCUT2D eigenvalue weighted by Gasteiger charge is 2.36. The molecule has 4 rings (SSSR count). The Morgan fingerprint density at radius 3 is 2.41 bits per heavy atom. The molecule has 2 atom stereocenters. The van der Waals surface area contributed by atoms with Gasteiger partial charge < -0.3 is 14.5 Å². The second-order valence-corrected chi connectivity index (χ2v) is 10.9. The molecule has 0 N–H and O–H groups in total. The van der Waals surface area contributed by atoms with E-state index in [0.717, 1.165) is 56.6 Å². The van der Waals surface area contributed by atoms with Crippen LogP contribution in [0, 0.1) is 0 Å². The first-order valence-electron chi connectivity index (χ1n) is 13.9. The van der Waals surface area contributed by atoms with Crippen LogP contribution in [0.5, 0.6) is 0 Å². The molecular formula is C31H43N3O3. The summed E-state index contributed by atoms with van der Waals surface area (Å²) in [5.41, 5.74) is 4.77. The molecule has 200 valence electrons. The average molecular weight is 506 g/mol. The number of amides is 2. The minimum Gasteiger partial charge on any atom is -0.375 e. The van der Waals surface area contributed by atoms with E-state index in [1.807, 2.05) is 17.9 Å². The zero-order valence-electron chi connectivity index (χ0n) is 23.0. The monoisotopic (exact) mass is 505 g/mol. The molecular weight excluding hydrogens is 462 g/mol. The summed E-state index contributed by atoms with van der Waals surface area (Å²) in [6.07, 6.45) is 4.30. The lowest BCUT2D eigenvalue weighted by atomic mass is 9.92. The molecule has 0 aromatic heterocycles. The van der Waals surface area contributed by atoms with Crippen molar-refractivity contribution >= 4 is 17.5 Å². The lowest BCUT2D eigenvalue weighted by Crippen LogP contribution is -2.55. The summed E-state index contributed by atoms with van der Waals surface area (Å²) in [6.45, 7) is 9.39. The van der Waals surface area contributed by atoms with Gasteiger partial charge in [0.2, 0.25) is 11.8 Å². The summed E-state index contributed by atoms with van der Waals surface area (Å²) in [5.74, 6) is 0.688. The van der Waals surface area contributed by atoms with Crippen molar-refractivity contribution in [3.63, 3.8) is 0 Å². The molecule has 2 aliphatic rings. The molecule has 2 amide bonds. The second-order valence-electron chi connectivity index (χ2n) is 10.9. The Morgan fingerprint density at radius 2 is 1.70 bits per heavy atom. The van der Waals surface area contributed by atoms with Crippen LogP contribution in [-0.2, 0) is 27.4 Å². The van der Waals surface area contributed by atoms with Gasteiger partial charge in [-0.15, -0.1) is 0 Å². The molecule has 2 heterocycles. The molecule has 0 spiro atoms. The van der Waals surface area contributed by atoms with Gasteiger partial charge in [-0.2, -0.15) is 0 Å². The highest BCUT2D eigenvalue weighted by molar-refractivity contribution is 5.94. The van der Waals surface area contributed by atoms with Gasteiger partial charge in [0.1, 0.15) is 6.61 Å². The van der Waals surface area contributed by atoms with E-state index >= 15 is 0 Å². The van der Waals surface area contributed by atoms with Crippen molar-refractivity contribution in [2.45, 2.75) is 84.0 Å². The number of fused-ring (bicyclic) bond motifs is 3. The predicted octanol–water partition coefficient (Wildman–Crippen LogP) is 5.36. The Bertz CT molecular complexity index is 1050. The molecule has 37 heavy (non-hydrogen) atoms. The molecule has 1 saturated heterocycles. The van der Waals surface area contributed by atoms with Crippen molar-refractivity contribution in [2.75, 3.05) is 31.7 Å². The predicted molar refractivity (Wildman–Crippen MR) is 148 cm³/mol. The molecule has 2 aliphatic heterocycles. The van der Waals surface area contributed by atoms with Gasteiger partial charge in [-0.05, 0) is 54.4 Å². The van der Waals surface area contributed by atoms with E-state index in [1.54, 1.807) is 7.11 Å². The van der Waals surface area contributed by atoms with Gasteiger partial charge in [0.25, 0.3) is 0 Å². The largest absolute Gasteiger partial charge is 0.375 e. The number of ether oxygens (including phenoxy) is 1. The van der Waals surface area contributed by atoms with Crippen molar-refractivity contribution in [2.24, 2.45) is 0 Å². The van der Waals surface area contributed by atoms with E-state index in [2.05, 4.69) is 66.1 Å². The quantitative estimate of drug-likeness (QED) is 0.531. The number of rotatable bonds is 6. The molecule has 0 saturated carbocycles. The lowest BCUT2D eigenvalue weighted by molar-refractivity contribution is -0.143. The standard InChI is InChI=1S/C31H43N3O3/c1-5-30(35)33-18-17-27-10-8-11-28(34(27)31(36)22-37-4)21-32(20-26-9-6-7-12-29(26)33)19-24-13-15-25(16-14-24)23(2)3/h6-7,9,12-16,23,27-28H,5,8,10-11,17-22H2,1-4H3. The number of para-hydroxylation sites is 1. The SMILES string of the molecule is CCC(=O)N1CCC2CCCC(CN(Cc3ccc(C(C)C)cc3)Cc3ccccc31)N2C(=O)COC. The minimum atomic E-state index is 0.0589. The topological polar surface area (TPSA) is 53.1 Å². The third-order valence-electron chi connectivity index (χ3n) is 7.90. The molecule has 6 heteroatoms. The van der Waals surface area contributed by atoms with Crippen LogP contribution in [0.15, 0.2) is 48.5 Å². The second kappa shape index (κ2) is 12.7. The maximum Gasteiger partial charge on any atom is 0.249 e. The van der Waals surface area contributed by atoms with Crippen molar-refractivity contribution < 1.29 is 14.3 Å². The smallest absolute Gasteiger partial charge is 0.249 e. The fraction of sp³-hybridized carbons (Fsp3) is 0.548. The van der Waals surface area contributed by atoms with Gasteiger partial charge in [-0.1, -0.05) is 63.2 Å². The Labute approximate surface area is 222 Å². The zero-order chi connectivity index (χ0) is 26.4. The molecule has 2 bridgehead atoms. The number of hydrogen-bond donors (Lipinski definition) is 0. The van der Waals surface area contributed by atoms with Crippen LogP contribution in [0.2, 0.25) is 0 Å². The summed E-state index contributed by atoms with van der Waals surface area (Å²) in [5, 5.41) is 0. The van der Waals surface area contributed by atoms with Crippen molar-refractivity contribution in [3.05, 3.63) is 65.2 Å². The van der Waals surface area contributed by atoms with Gasteiger partial charge in [0, 0.05) is 57.5 Å². The van der Waals surface area contributed by atoms with Gasteiger partial charge in [0.15, 0.2) is 0 Å². The van der Waals surface area contributed by atoms with E-state index in [-0.39, 0.29) is 30.5 Å². The first-order valence-corrected chi connectivity index (χ1v) is 13.9. The van der Waals surface area contributed by atoms with E-state index in [0.29, 0.717) is 18.9 Å². The molecule has 6 nitrogen and oxygen atoms in total. The van der Waals surface area contributed by atoms with Gasteiger partial charge in [-0.3, -0.25) is 14.5 Å². The van der Waals surface area contributed by atoms with Crippen LogP contribution in [0.25, 0.3) is 0 Å². The molecule has 1 fully saturated rings. The molecule has 2 unspecified atom stereocenters. The van der Waals surface area contributed by atoms with Crippen molar-refractivity contribution in [1.29, 1.82) is 0 Å². The van der Waals surface area contributed by atoms with E-state index in [4.69, 9.17) is 4.74 Å². The Balaban J connectivity index is 1.72. The summed E-state index contributed by atoms with van der Waals surface area (Å²) >= 11 is 0. The zero-order valence-corrected chi connectivity index (χ0v) is 23.0. The third kappa shape index (κ3) is 6.60. The van der Waals surface area contributed by atoms with E-state index in [1.165, 1.54) is 11.1 Å². The van der Waals surface area contributed by atoms with Crippen LogP contribution < -0.4 is 4.90 Å². The minimum absolute atomic E-state index is 0.0589. The van der Waals surface area contributed by atoms with Gasteiger partial charge in [0.05, 0.1) is 0 Å². The van der Waals surface area contributed by atoms with Gasteiger partial charge in [-0.25, -0.2) is 0 Å². The fourth-order valence-electron chi connectivity index (χ4n) is 5.98.